The van der Waals surface area contributed by atoms with Crippen molar-refractivity contribution in [2.75, 3.05) is 40.0 Å². The Hall–Kier alpha value is -4.11. The topological polar surface area (TPSA) is 87.7 Å². The number of carbonyl (C=O) groups excluding carboxylic acids is 1. The number of amides is 2. The molecule has 6 rings (SSSR count). The van der Waals surface area contributed by atoms with E-state index in [1.807, 2.05) is 53.4 Å². The van der Waals surface area contributed by atoms with Crippen molar-refractivity contribution in [1.29, 1.82) is 0 Å². The van der Waals surface area contributed by atoms with Gasteiger partial charge in [0, 0.05) is 23.4 Å². The number of hydrogen-bond donors (Lipinski definition) is 1. The summed E-state index contributed by atoms with van der Waals surface area (Å²) in [6.45, 7) is 0.937. The fourth-order valence-corrected chi connectivity index (χ4v) is 5.55. The summed E-state index contributed by atoms with van der Waals surface area (Å²) in [5.41, 5.74) is 4.45. The zero-order chi connectivity index (χ0) is 25.5. The number of carbonyl (C=O) groups is 1. The lowest BCUT2D eigenvalue weighted by Crippen LogP contribution is -2.45. The standard InChI is InChI=1S/C28H28N2O7/c1-32-20-10-9-18-19(24(20)33-2)14-35-25(18)23-22-16(13-21-26(27(22)34-3)37-15-36-21)11-12-30(23)28(31)29-17-7-5-4-6-8-17/h4-10,13,23,25H,11-12,14-15H2,1-3H3,(H,29,31)/t23-,25+/m1/s1. The van der Waals surface area contributed by atoms with Crippen LogP contribution in [0.2, 0.25) is 0 Å². The van der Waals surface area contributed by atoms with Crippen molar-refractivity contribution in [3.8, 4) is 28.7 Å². The number of urea groups is 1. The van der Waals surface area contributed by atoms with E-state index in [1.165, 1.54) is 0 Å². The molecular weight excluding hydrogens is 476 g/mol. The summed E-state index contributed by atoms with van der Waals surface area (Å²) < 4.78 is 35.0. The minimum absolute atomic E-state index is 0.122. The van der Waals surface area contributed by atoms with Crippen LogP contribution in [0.4, 0.5) is 10.5 Å². The third kappa shape index (κ3) is 3.77. The van der Waals surface area contributed by atoms with Crippen LogP contribution in [0.5, 0.6) is 28.7 Å². The maximum absolute atomic E-state index is 13.7. The molecule has 0 saturated heterocycles. The van der Waals surface area contributed by atoms with Crippen molar-refractivity contribution >= 4 is 11.7 Å². The van der Waals surface area contributed by atoms with Gasteiger partial charge in [0.1, 0.15) is 6.10 Å². The van der Waals surface area contributed by atoms with Crippen molar-refractivity contribution in [3.63, 3.8) is 0 Å². The van der Waals surface area contributed by atoms with E-state index in [-0.39, 0.29) is 12.8 Å². The minimum Gasteiger partial charge on any atom is -0.493 e. The number of hydrogen-bond acceptors (Lipinski definition) is 7. The summed E-state index contributed by atoms with van der Waals surface area (Å²) in [5, 5.41) is 3.04. The largest absolute Gasteiger partial charge is 0.493 e. The van der Waals surface area contributed by atoms with Gasteiger partial charge in [0.05, 0.1) is 34.0 Å². The molecule has 0 aliphatic carbocycles. The summed E-state index contributed by atoms with van der Waals surface area (Å²) >= 11 is 0. The Morgan fingerprint density at radius 2 is 1.81 bits per heavy atom. The molecule has 0 fully saturated rings. The first-order valence-corrected chi connectivity index (χ1v) is 12.1. The number of para-hydroxylation sites is 1. The zero-order valence-corrected chi connectivity index (χ0v) is 20.9. The first kappa shape index (κ1) is 23.3. The molecule has 0 saturated carbocycles. The molecule has 37 heavy (non-hydrogen) atoms. The van der Waals surface area contributed by atoms with Crippen molar-refractivity contribution in [1.82, 2.24) is 4.90 Å². The Morgan fingerprint density at radius 3 is 2.57 bits per heavy atom. The maximum atomic E-state index is 13.7. The lowest BCUT2D eigenvalue weighted by Gasteiger charge is -2.41. The maximum Gasteiger partial charge on any atom is 0.322 e. The SMILES string of the molecule is COc1ccc2c(c1OC)CO[C@@H]2[C@H]1c2c(cc3c(c2OC)OCO3)CCN1C(=O)Nc1ccccc1. The molecule has 192 valence electrons. The number of methoxy groups -OCH3 is 3. The van der Waals surface area contributed by atoms with Gasteiger partial charge in [0.15, 0.2) is 23.0 Å². The van der Waals surface area contributed by atoms with Crippen LogP contribution in [-0.2, 0) is 17.8 Å². The number of rotatable bonds is 5. The average molecular weight is 505 g/mol. The molecule has 0 spiro atoms. The van der Waals surface area contributed by atoms with Gasteiger partial charge in [-0.05, 0) is 41.8 Å². The Kier molecular flexibility index (Phi) is 5.92. The third-order valence-corrected chi connectivity index (χ3v) is 7.17. The van der Waals surface area contributed by atoms with Gasteiger partial charge in [-0.3, -0.25) is 0 Å². The molecular formula is C28H28N2O7. The normalized spacial score (nSPS) is 19.2. The Morgan fingerprint density at radius 1 is 1.00 bits per heavy atom. The monoisotopic (exact) mass is 504 g/mol. The molecule has 0 aromatic heterocycles. The summed E-state index contributed by atoms with van der Waals surface area (Å²) in [6, 6.07) is 14.5. The van der Waals surface area contributed by atoms with Crippen LogP contribution in [0.3, 0.4) is 0 Å². The van der Waals surface area contributed by atoms with E-state index < -0.39 is 12.1 Å². The van der Waals surface area contributed by atoms with E-state index >= 15 is 0 Å². The highest BCUT2D eigenvalue weighted by atomic mass is 16.7. The second-order valence-electron chi connectivity index (χ2n) is 9.00. The van der Waals surface area contributed by atoms with Crippen LogP contribution in [0, 0.1) is 0 Å². The molecule has 3 aromatic carbocycles. The van der Waals surface area contributed by atoms with Gasteiger partial charge in [-0.2, -0.15) is 0 Å². The summed E-state index contributed by atoms with van der Waals surface area (Å²) in [4.78, 5) is 15.5. The van der Waals surface area contributed by atoms with Crippen LogP contribution < -0.4 is 29.0 Å². The fraction of sp³-hybridized carbons (Fsp3) is 0.321. The molecule has 0 unspecified atom stereocenters. The zero-order valence-electron chi connectivity index (χ0n) is 20.9. The number of nitrogens with zero attached hydrogens (tertiary/aromatic N) is 1. The van der Waals surface area contributed by atoms with Crippen molar-refractivity contribution in [2.45, 2.75) is 25.2 Å². The van der Waals surface area contributed by atoms with Gasteiger partial charge >= 0.3 is 6.03 Å². The molecule has 3 aliphatic rings. The second-order valence-corrected chi connectivity index (χ2v) is 9.00. The van der Waals surface area contributed by atoms with E-state index in [0.717, 1.165) is 22.3 Å². The molecule has 9 nitrogen and oxygen atoms in total. The predicted molar refractivity (Wildman–Crippen MR) is 135 cm³/mol. The van der Waals surface area contributed by atoms with E-state index in [1.54, 1.807) is 21.3 Å². The molecule has 3 aliphatic heterocycles. The Labute approximate surface area is 214 Å². The molecule has 3 heterocycles. The predicted octanol–water partition coefficient (Wildman–Crippen LogP) is 4.84. The van der Waals surface area contributed by atoms with Crippen LogP contribution >= 0.6 is 0 Å². The van der Waals surface area contributed by atoms with Gasteiger partial charge in [-0.1, -0.05) is 24.3 Å². The van der Waals surface area contributed by atoms with Crippen molar-refractivity contribution < 1.29 is 33.2 Å². The Bertz CT molecular complexity index is 1340. The summed E-state index contributed by atoms with van der Waals surface area (Å²) in [6.07, 6.45) is 0.164. The summed E-state index contributed by atoms with van der Waals surface area (Å²) in [7, 11) is 4.83. The Balaban J connectivity index is 1.49. The lowest BCUT2D eigenvalue weighted by molar-refractivity contribution is 0.00158. The van der Waals surface area contributed by atoms with E-state index in [2.05, 4.69) is 5.32 Å². The molecule has 3 aromatic rings. The second kappa shape index (κ2) is 9.40. The molecule has 0 bridgehead atoms. The fourth-order valence-electron chi connectivity index (χ4n) is 5.55. The molecule has 0 radical (unpaired) electrons. The average Bonchev–Trinajstić information content (AvgIpc) is 3.58. The first-order chi connectivity index (χ1) is 18.1. The smallest absolute Gasteiger partial charge is 0.322 e. The number of nitrogens with one attached hydrogen (secondary N) is 1. The lowest BCUT2D eigenvalue weighted by atomic mass is 9.85. The van der Waals surface area contributed by atoms with Crippen molar-refractivity contribution in [3.05, 3.63) is 70.8 Å². The van der Waals surface area contributed by atoms with Crippen LogP contribution in [0.25, 0.3) is 0 Å². The molecule has 9 heteroatoms. The van der Waals surface area contributed by atoms with Crippen LogP contribution in [0.15, 0.2) is 48.5 Å². The number of anilines is 1. The molecule has 2 atom stereocenters. The molecule has 2 amide bonds. The van der Waals surface area contributed by atoms with E-state index in [0.29, 0.717) is 54.0 Å². The third-order valence-electron chi connectivity index (χ3n) is 7.17. The number of ether oxygens (including phenoxy) is 6. The molecule has 1 N–H and O–H groups in total. The van der Waals surface area contributed by atoms with E-state index in [9.17, 15) is 4.79 Å². The van der Waals surface area contributed by atoms with Gasteiger partial charge in [0.2, 0.25) is 12.5 Å². The van der Waals surface area contributed by atoms with Crippen LogP contribution in [-0.4, -0.2) is 45.6 Å². The number of fused-ring (bicyclic) bond motifs is 3. The number of benzene rings is 3. The van der Waals surface area contributed by atoms with Gasteiger partial charge < -0.3 is 38.6 Å². The van der Waals surface area contributed by atoms with Crippen LogP contribution in [0.1, 0.15) is 34.4 Å². The highest BCUT2D eigenvalue weighted by molar-refractivity contribution is 5.90. The summed E-state index contributed by atoms with van der Waals surface area (Å²) in [5.74, 6) is 3.02. The highest BCUT2D eigenvalue weighted by Gasteiger charge is 2.45. The van der Waals surface area contributed by atoms with Gasteiger partial charge in [-0.15, -0.1) is 0 Å². The highest BCUT2D eigenvalue weighted by Crippen LogP contribution is 2.55. The van der Waals surface area contributed by atoms with E-state index in [4.69, 9.17) is 28.4 Å². The quantitative estimate of drug-likeness (QED) is 0.532. The minimum atomic E-state index is -0.490. The first-order valence-electron chi connectivity index (χ1n) is 12.1. The van der Waals surface area contributed by atoms with Gasteiger partial charge in [-0.25, -0.2) is 4.79 Å². The van der Waals surface area contributed by atoms with Gasteiger partial charge in [0.25, 0.3) is 0 Å². The van der Waals surface area contributed by atoms with Crippen molar-refractivity contribution in [2.24, 2.45) is 0 Å².